The van der Waals surface area contributed by atoms with Gasteiger partial charge in [-0.3, -0.25) is 0 Å². The molecular weight excluding hydrogens is 200 g/mol. The molecule has 3 rings (SSSR count). The van der Waals surface area contributed by atoms with Crippen molar-refractivity contribution in [3.05, 3.63) is 30.0 Å². The van der Waals surface area contributed by atoms with E-state index in [4.69, 9.17) is 0 Å². The van der Waals surface area contributed by atoms with Crippen molar-refractivity contribution >= 4 is 10.9 Å². The summed E-state index contributed by atoms with van der Waals surface area (Å²) in [5.74, 6) is 0.381. The first-order chi connectivity index (χ1) is 7.84. The number of aromatic hydroxyl groups is 1. The first-order valence-electron chi connectivity index (χ1n) is 5.86. The summed E-state index contributed by atoms with van der Waals surface area (Å²) in [7, 11) is 0. The largest absolute Gasteiger partial charge is 0.507 e. The molecule has 1 fully saturated rings. The van der Waals surface area contributed by atoms with Crippen molar-refractivity contribution in [1.29, 1.82) is 0 Å². The fourth-order valence-electron chi connectivity index (χ4n) is 2.59. The summed E-state index contributed by atoms with van der Waals surface area (Å²) >= 11 is 0. The van der Waals surface area contributed by atoms with E-state index in [0.29, 0.717) is 11.8 Å². The van der Waals surface area contributed by atoms with Gasteiger partial charge in [0.2, 0.25) is 0 Å². The van der Waals surface area contributed by atoms with E-state index in [0.717, 1.165) is 23.9 Å². The van der Waals surface area contributed by atoms with Gasteiger partial charge in [-0.2, -0.15) is 0 Å². The number of hydrogen-bond acceptors (Lipinski definition) is 2. The van der Waals surface area contributed by atoms with Crippen LogP contribution in [0.3, 0.4) is 0 Å². The molecule has 1 aliphatic heterocycles. The molecule has 1 aromatic heterocycles. The maximum Gasteiger partial charge on any atom is 0.125 e. The average Bonchev–Trinajstić information content (AvgIpc) is 2.90. The Morgan fingerprint density at radius 2 is 2.31 bits per heavy atom. The van der Waals surface area contributed by atoms with Gasteiger partial charge < -0.3 is 15.4 Å². The smallest absolute Gasteiger partial charge is 0.125 e. The van der Waals surface area contributed by atoms with Crippen LogP contribution in [-0.2, 0) is 6.42 Å². The Morgan fingerprint density at radius 1 is 1.38 bits per heavy atom. The monoisotopic (exact) mass is 216 g/mol. The molecule has 2 heterocycles. The molecule has 3 nitrogen and oxygen atoms in total. The molecule has 0 aliphatic carbocycles. The van der Waals surface area contributed by atoms with Crippen LogP contribution in [0.4, 0.5) is 0 Å². The Hall–Kier alpha value is -1.48. The Balaban J connectivity index is 1.97. The van der Waals surface area contributed by atoms with Gasteiger partial charge in [-0.15, -0.1) is 0 Å². The lowest BCUT2D eigenvalue weighted by Crippen LogP contribution is -2.23. The van der Waals surface area contributed by atoms with Crippen LogP contribution in [0.25, 0.3) is 10.9 Å². The number of fused-ring (bicyclic) bond motifs is 1. The topological polar surface area (TPSA) is 48.0 Å². The third-order valence-electron chi connectivity index (χ3n) is 3.39. The molecule has 16 heavy (non-hydrogen) atoms. The highest BCUT2D eigenvalue weighted by atomic mass is 16.3. The Bertz CT molecular complexity index is 498. The van der Waals surface area contributed by atoms with Crippen molar-refractivity contribution in [2.75, 3.05) is 6.54 Å². The van der Waals surface area contributed by atoms with E-state index >= 15 is 0 Å². The fourth-order valence-corrected chi connectivity index (χ4v) is 2.59. The van der Waals surface area contributed by atoms with Gasteiger partial charge in [-0.1, -0.05) is 6.07 Å². The number of rotatable bonds is 2. The first-order valence-corrected chi connectivity index (χ1v) is 5.86. The Labute approximate surface area is 94.5 Å². The maximum absolute atomic E-state index is 9.87. The van der Waals surface area contributed by atoms with Crippen molar-refractivity contribution in [3.63, 3.8) is 0 Å². The minimum Gasteiger partial charge on any atom is -0.507 e. The van der Waals surface area contributed by atoms with E-state index in [1.807, 2.05) is 18.3 Å². The van der Waals surface area contributed by atoms with E-state index in [9.17, 15) is 5.11 Å². The summed E-state index contributed by atoms with van der Waals surface area (Å²) < 4.78 is 0. The molecule has 3 heteroatoms. The normalized spacial score (nSPS) is 20.6. The van der Waals surface area contributed by atoms with Gasteiger partial charge in [-0.05, 0) is 43.5 Å². The summed E-state index contributed by atoms with van der Waals surface area (Å²) in [5, 5.41) is 14.3. The van der Waals surface area contributed by atoms with E-state index in [2.05, 4.69) is 10.3 Å². The van der Waals surface area contributed by atoms with Crippen LogP contribution in [0, 0.1) is 0 Å². The van der Waals surface area contributed by atoms with Gasteiger partial charge in [-0.25, -0.2) is 0 Å². The van der Waals surface area contributed by atoms with E-state index < -0.39 is 0 Å². The predicted octanol–water partition coefficient (Wildman–Crippen LogP) is 2.17. The van der Waals surface area contributed by atoms with Crippen molar-refractivity contribution in [3.8, 4) is 5.75 Å². The van der Waals surface area contributed by atoms with Gasteiger partial charge in [0.1, 0.15) is 5.75 Å². The zero-order chi connectivity index (χ0) is 11.0. The zero-order valence-electron chi connectivity index (χ0n) is 9.16. The van der Waals surface area contributed by atoms with Crippen LogP contribution < -0.4 is 5.32 Å². The number of phenols is 1. The van der Waals surface area contributed by atoms with Gasteiger partial charge >= 0.3 is 0 Å². The minimum absolute atomic E-state index is 0.381. The molecule has 0 saturated carbocycles. The molecule has 1 aromatic carbocycles. The highest BCUT2D eigenvalue weighted by molar-refractivity contribution is 5.89. The third kappa shape index (κ3) is 1.57. The molecule has 1 saturated heterocycles. The highest BCUT2D eigenvalue weighted by Crippen LogP contribution is 2.29. The number of nitrogens with one attached hydrogen (secondary N) is 2. The summed E-state index contributed by atoms with van der Waals surface area (Å²) in [6.07, 6.45) is 5.52. The lowest BCUT2D eigenvalue weighted by Gasteiger charge is -2.09. The number of benzene rings is 1. The van der Waals surface area contributed by atoms with E-state index in [-0.39, 0.29) is 0 Å². The molecule has 0 radical (unpaired) electrons. The lowest BCUT2D eigenvalue weighted by atomic mass is 10.0. The highest BCUT2D eigenvalue weighted by Gasteiger charge is 2.17. The number of aromatic nitrogens is 1. The van der Waals surface area contributed by atoms with Crippen LogP contribution in [0.2, 0.25) is 0 Å². The van der Waals surface area contributed by atoms with Crippen molar-refractivity contribution in [2.45, 2.75) is 25.3 Å². The van der Waals surface area contributed by atoms with Crippen LogP contribution in [0.5, 0.6) is 5.75 Å². The predicted molar refractivity (Wildman–Crippen MR) is 64.7 cm³/mol. The second-order valence-corrected chi connectivity index (χ2v) is 4.51. The van der Waals surface area contributed by atoms with Gasteiger partial charge in [0.25, 0.3) is 0 Å². The SMILES string of the molecule is Oc1cccc2[nH]cc(C[C@@H]3CCCN3)c12. The zero-order valence-corrected chi connectivity index (χ0v) is 9.16. The van der Waals surface area contributed by atoms with Crippen LogP contribution in [-0.4, -0.2) is 22.7 Å². The standard InChI is InChI=1S/C13H16N2O/c16-12-5-1-4-11-13(12)9(8-15-11)7-10-3-2-6-14-10/h1,4-5,8,10,14-16H,2-3,6-7H2/t10-/m0/s1. The lowest BCUT2D eigenvalue weighted by molar-refractivity contribution is 0.481. The van der Waals surface area contributed by atoms with E-state index in [1.54, 1.807) is 6.07 Å². The average molecular weight is 216 g/mol. The van der Waals surface area contributed by atoms with E-state index in [1.165, 1.54) is 18.4 Å². The van der Waals surface area contributed by atoms with Crippen LogP contribution in [0.1, 0.15) is 18.4 Å². The Kier molecular flexibility index (Phi) is 2.33. The molecule has 0 unspecified atom stereocenters. The molecule has 1 aliphatic rings. The molecule has 1 atom stereocenters. The van der Waals surface area contributed by atoms with Crippen molar-refractivity contribution < 1.29 is 5.11 Å². The summed E-state index contributed by atoms with van der Waals surface area (Å²) in [6.45, 7) is 1.12. The van der Waals surface area contributed by atoms with Crippen molar-refractivity contribution in [1.82, 2.24) is 10.3 Å². The van der Waals surface area contributed by atoms with Gasteiger partial charge in [0.15, 0.2) is 0 Å². The first kappa shape index (κ1) is 9.73. The minimum atomic E-state index is 0.381. The summed E-state index contributed by atoms with van der Waals surface area (Å²) in [6, 6.07) is 6.19. The number of H-pyrrole nitrogens is 1. The molecule has 84 valence electrons. The second kappa shape index (κ2) is 3.83. The Morgan fingerprint density at radius 3 is 3.12 bits per heavy atom. The summed E-state index contributed by atoms with van der Waals surface area (Å²) in [4.78, 5) is 3.22. The molecule has 3 N–H and O–H groups in total. The molecule has 0 amide bonds. The van der Waals surface area contributed by atoms with Crippen LogP contribution >= 0.6 is 0 Å². The number of hydrogen-bond donors (Lipinski definition) is 3. The van der Waals surface area contributed by atoms with Gasteiger partial charge in [0.05, 0.1) is 0 Å². The quantitative estimate of drug-likeness (QED) is 0.720. The van der Waals surface area contributed by atoms with Crippen LogP contribution in [0.15, 0.2) is 24.4 Å². The maximum atomic E-state index is 9.87. The number of aromatic amines is 1. The molecule has 0 bridgehead atoms. The summed E-state index contributed by atoms with van der Waals surface area (Å²) in [5.41, 5.74) is 2.24. The van der Waals surface area contributed by atoms with Crippen molar-refractivity contribution in [2.24, 2.45) is 0 Å². The fraction of sp³-hybridized carbons (Fsp3) is 0.385. The third-order valence-corrected chi connectivity index (χ3v) is 3.39. The van der Waals surface area contributed by atoms with Gasteiger partial charge in [0, 0.05) is 23.1 Å². The number of phenolic OH excluding ortho intramolecular Hbond substituents is 1. The molecule has 2 aromatic rings. The molecule has 0 spiro atoms. The molecular formula is C13H16N2O. The second-order valence-electron chi connectivity index (χ2n) is 4.51.